The Hall–Kier alpha value is -2.37. The zero-order chi connectivity index (χ0) is 17.9. The van der Waals surface area contributed by atoms with Gasteiger partial charge in [0.25, 0.3) is 0 Å². The lowest BCUT2D eigenvalue weighted by Gasteiger charge is -2.17. The first kappa shape index (κ1) is 19.0. The molecule has 1 aliphatic heterocycles. The monoisotopic (exact) mass is 341 g/mol. The van der Waals surface area contributed by atoms with Gasteiger partial charge < -0.3 is 10.1 Å². The van der Waals surface area contributed by atoms with Crippen molar-refractivity contribution in [2.45, 2.75) is 26.8 Å². The molecule has 0 atom stereocenters. The van der Waals surface area contributed by atoms with Crippen molar-refractivity contribution in [1.82, 2.24) is 4.98 Å². The lowest BCUT2D eigenvalue weighted by molar-refractivity contribution is 0.161. The molecule has 5 nitrogen and oxygen atoms in total. The maximum atomic E-state index is 5.39. The molecule has 0 aliphatic carbocycles. The van der Waals surface area contributed by atoms with Crippen molar-refractivity contribution in [3.05, 3.63) is 59.9 Å². The number of anilines is 2. The fourth-order valence-corrected chi connectivity index (χ4v) is 2.57. The summed E-state index contributed by atoms with van der Waals surface area (Å²) in [5.41, 5.74) is 8.33. The quantitative estimate of drug-likeness (QED) is 0.758. The van der Waals surface area contributed by atoms with Gasteiger partial charge in [0.15, 0.2) is 0 Å². The Labute approximate surface area is 150 Å². The highest BCUT2D eigenvalue weighted by molar-refractivity contribution is 5.76. The summed E-state index contributed by atoms with van der Waals surface area (Å²) in [6, 6.07) is 12.2. The smallest absolute Gasteiger partial charge is 0.0836 e. The second-order valence-electron chi connectivity index (χ2n) is 5.30. The van der Waals surface area contributed by atoms with Crippen LogP contribution in [0.1, 0.15) is 31.5 Å². The van der Waals surface area contributed by atoms with E-state index in [0.29, 0.717) is 13.2 Å². The van der Waals surface area contributed by atoms with E-state index in [4.69, 9.17) is 9.57 Å². The van der Waals surface area contributed by atoms with Crippen LogP contribution in [0, 0.1) is 0 Å². The summed E-state index contributed by atoms with van der Waals surface area (Å²) in [6.07, 6.45) is 4.89. The van der Waals surface area contributed by atoms with Gasteiger partial charge in [-0.1, -0.05) is 32.1 Å². The summed E-state index contributed by atoms with van der Waals surface area (Å²) in [5, 5.41) is 3.43. The van der Waals surface area contributed by atoms with Crippen LogP contribution in [0.5, 0.6) is 0 Å². The van der Waals surface area contributed by atoms with Crippen LogP contribution in [0.4, 0.5) is 11.4 Å². The van der Waals surface area contributed by atoms with Crippen LogP contribution in [-0.2, 0) is 16.1 Å². The first-order chi connectivity index (χ1) is 12.4. The number of hydrogen-bond donors (Lipinski definition) is 2. The van der Waals surface area contributed by atoms with Gasteiger partial charge in [0.05, 0.1) is 43.9 Å². The molecule has 0 unspecified atom stereocenters. The highest BCUT2D eigenvalue weighted by Crippen LogP contribution is 2.29. The van der Waals surface area contributed by atoms with Crippen molar-refractivity contribution in [2.75, 3.05) is 31.1 Å². The number of rotatable bonds is 6. The molecule has 134 valence electrons. The second-order valence-corrected chi connectivity index (χ2v) is 5.30. The summed E-state index contributed by atoms with van der Waals surface area (Å²) >= 11 is 0. The molecule has 0 saturated heterocycles. The number of aromatic nitrogens is 1. The third-order valence-electron chi connectivity index (χ3n) is 3.75. The number of pyridine rings is 1. The molecule has 2 aromatic rings. The molecule has 0 radical (unpaired) electrons. The normalized spacial score (nSPS) is 13.3. The number of benzene rings is 1. The van der Waals surface area contributed by atoms with Crippen molar-refractivity contribution < 1.29 is 9.57 Å². The Morgan fingerprint density at radius 1 is 1.16 bits per heavy atom. The predicted molar refractivity (Wildman–Crippen MR) is 103 cm³/mol. The Bertz CT molecular complexity index is 672. The van der Waals surface area contributed by atoms with E-state index < -0.39 is 0 Å². The Kier molecular flexibility index (Phi) is 7.95. The highest BCUT2D eigenvalue weighted by Gasteiger charge is 2.10. The van der Waals surface area contributed by atoms with Crippen LogP contribution in [0.25, 0.3) is 5.57 Å². The van der Waals surface area contributed by atoms with Gasteiger partial charge in [-0.05, 0) is 41.8 Å². The molecule has 2 heterocycles. The standard InChI is InChI=1S/C18H21N3O2.C2H6/c1-22-21-17-6-5-15(14-7-10-23-11-8-14)12-18(17)20-13-16-4-2-3-9-19-16;1-2/h2-7,9,12,20-21H,8,10-11,13H2,1H3;1-2H3. The average molecular weight is 341 g/mol. The minimum absolute atomic E-state index is 0.658. The van der Waals surface area contributed by atoms with Crippen LogP contribution in [-0.4, -0.2) is 25.3 Å². The van der Waals surface area contributed by atoms with Crippen molar-refractivity contribution in [2.24, 2.45) is 0 Å². The maximum Gasteiger partial charge on any atom is 0.0836 e. The van der Waals surface area contributed by atoms with Crippen LogP contribution < -0.4 is 10.8 Å². The number of nitrogens with one attached hydrogen (secondary N) is 2. The molecule has 0 fully saturated rings. The molecule has 1 aromatic heterocycles. The van der Waals surface area contributed by atoms with E-state index in [2.05, 4.69) is 34.0 Å². The summed E-state index contributed by atoms with van der Waals surface area (Å²) in [7, 11) is 1.61. The van der Waals surface area contributed by atoms with Crippen LogP contribution in [0.3, 0.4) is 0 Å². The van der Waals surface area contributed by atoms with E-state index in [1.165, 1.54) is 11.1 Å². The lowest BCUT2D eigenvalue weighted by Crippen LogP contribution is -2.07. The van der Waals surface area contributed by atoms with Gasteiger partial charge in [0.2, 0.25) is 0 Å². The van der Waals surface area contributed by atoms with E-state index in [0.717, 1.165) is 30.1 Å². The molecule has 5 heteroatoms. The summed E-state index contributed by atoms with van der Waals surface area (Å²) in [6.45, 7) is 6.12. The van der Waals surface area contributed by atoms with Gasteiger partial charge in [-0.25, -0.2) is 0 Å². The van der Waals surface area contributed by atoms with Gasteiger partial charge in [-0.2, -0.15) is 0 Å². The Morgan fingerprint density at radius 2 is 2.04 bits per heavy atom. The molecular formula is C20H27N3O2. The van der Waals surface area contributed by atoms with Crippen molar-refractivity contribution in [3.8, 4) is 0 Å². The number of nitrogens with zero attached hydrogens (tertiary/aromatic N) is 1. The van der Waals surface area contributed by atoms with E-state index in [1.54, 1.807) is 13.3 Å². The largest absolute Gasteiger partial charge is 0.378 e. The maximum absolute atomic E-state index is 5.39. The van der Waals surface area contributed by atoms with Gasteiger partial charge in [0.1, 0.15) is 0 Å². The SMILES string of the molecule is CC.CONc1ccc(C2=CCOCC2)cc1NCc1ccccn1. The topological polar surface area (TPSA) is 55.4 Å². The van der Waals surface area contributed by atoms with Crippen LogP contribution in [0.2, 0.25) is 0 Å². The predicted octanol–water partition coefficient (Wildman–Crippen LogP) is 4.50. The van der Waals surface area contributed by atoms with Crippen molar-refractivity contribution in [3.63, 3.8) is 0 Å². The molecule has 1 aromatic carbocycles. The van der Waals surface area contributed by atoms with Crippen molar-refractivity contribution in [1.29, 1.82) is 0 Å². The molecule has 0 amide bonds. The minimum Gasteiger partial charge on any atom is -0.378 e. The van der Waals surface area contributed by atoms with Gasteiger partial charge in [-0.15, -0.1) is 0 Å². The van der Waals surface area contributed by atoms with Gasteiger partial charge in [-0.3, -0.25) is 15.3 Å². The Balaban J connectivity index is 0.00000109. The van der Waals surface area contributed by atoms with Gasteiger partial charge in [0, 0.05) is 6.20 Å². The number of hydrogen-bond acceptors (Lipinski definition) is 5. The fourth-order valence-electron chi connectivity index (χ4n) is 2.57. The van der Waals surface area contributed by atoms with E-state index >= 15 is 0 Å². The van der Waals surface area contributed by atoms with Crippen molar-refractivity contribution >= 4 is 16.9 Å². The fraction of sp³-hybridized carbons (Fsp3) is 0.350. The Morgan fingerprint density at radius 3 is 2.72 bits per heavy atom. The lowest BCUT2D eigenvalue weighted by atomic mass is 10.0. The summed E-state index contributed by atoms with van der Waals surface area (Å²) in [4.78, 5) is 9.41. The first-order valence-electron chi connectivity index (χ1n) is 8.71. The zero-order valence-corrected chi connectivity index (χ0v) is 15.2. The van der Waals surface area contributed by atoms with Gasteiger partial charge >= 0.3 is 0 Å². The molecule has 2 N–H and O–H groups in total. The molecule has 0 saturated carbocycles. The third-order valence-corrected chi connectivity index (χ3v) is 3.75. The third kappa shape index (κ3) is 5.59. The van der Waals surface area contributed by atoms with Crippen LogP contribution >= 0.6 is 0 Å². The molecule has 0 spiro atoms. The summed E-state index contributed by atoms with van der Waals surface area (Å²) in [5.74, 6) is 0. The highest BCUT2D eigenvalue weighted by atomic mass is 16.6. The van der Waals surface area contributed by atoms with E-state index in [9.17, 15) is 0 Å². The van der Waals surface area contributed by atoms with E-state index in [-0.39, 0.29) is 0 Å². The van der Waals surface area contributed by atoms with Crippen LogP contribution in [0.15, 0.2) is 48.7 Å². The summed E-state index contributed by atoms with van der Waals surface area (Å²) < 4.78 is 5.39. The average Bonchev–Trinajstić information content (AvgIpc) is 2.70. The van der Waals surface area contributed by atoms with E-state index in [1.807, 2.05) is 38.1 Å². The zero-order valence-electron chi connectivity index (χ0n) is 15.2. The molecule has 3 rings (SSSR count). The molecule has 1 aliphatic rings. The second kappa shape index (κ2) is 10.5. The minimum atomic E-state index is 0.658. The number of ether oxygens (including phenoxy) is 1. The molecule has 0 bridgehead atoms. The molecular weight excluding hydrogens is 314 g/mol. The molecule has 25 heavy (non-hydrogen) atoms. The first-order valence-corrected chi connectivity index (χ1v) is 8.71.